The first kappa shape index (κ1) is 19.4. The SMILES string of the molecule is CC[NH+](CC(=O)Nc1ccnn1C1CCCC1)Cc1ccc(N(C)C)cc1. The summed E-state index contributed by atoms with van der Waals surface area (Å²) in [6.07, 6.45) is 6.58. The van der Waals surface area contributed by atoms with E-state index >= 15 is 0 Å². The van der Waals surface area contributed by atoms with E-state index in [1.165, 1.54) is 29.0 Å². The predicted molar refractivity (Wildman–Crippen MR) is 109 cm³/mol. The molecule has 1 unspecified atom stereocenters. The molecule has 6 nitrogen and oxygen atoms in total. The maximum atomic E-state index is 12.6. The second-order valence-electron chi connectivity index (χ2n) is 7.67. The highest BCUT2D eigenvalue weighted by molar-refractivity contribution is 5.90. The fraction of sp³-hybridized carbons (Fsp3) is 0.524. The average Bonchev–Trinajstić information content (AvgIpc) is 3.33. The first-order chi connectivity index (χ1) is 13.1. The maximum Gasteiger partial charge on any atom is 0.280 e. The molecule has 0 bridgehead atoms. The lowest BCUT2D eigenvalue weighted by Crippen LogP contribution is -3.11. The van der Waals surface area contributed by atoms with Gasteiger partial charge in [0.25, 0.3) is 5.91 Å². The van der Waals surface area contributed by atoms with E-state index < -0.39 is 0 Å². The Hall–Kier alpha value is -2.34. The zero-order valence-electron chi connectivity index (χ0n) is 16.7. The topological polar surface area (TPSA) is 54.6 Å². The molecule has 6 heteroatoms. The molecule has 1 saturated carbocycles. The lowest BCUT2D eigenvalue weighted by molar-refractivity contribution is -0.903. The van der Waals surface area contributed by atoms with Gasteiger partial charge in [0.2, 0.25) is 0 Å². The Morgan fingerprint density at radius 1 is 1.22 bits per heavy atom. The van der Waals surface area contributed by atoms with Crippen LogP contribution in [0.25, 0.3) is 0 Å². The van der Waals surface area contributed by atoms with Crippen molar-refractivity contribution in [3.63, 3.8) is 0 Å². The van der Waals surface area contributed by atoms with Crippen LogP contribution in [0.4, 0.5) is 11.5 Å². The number of hydrogen-bond acceptors (Lipinski definition) is 3. The summed E-state index contributed by atoms with van der Waals surface area (Å²) in [6, 6.07) is 10.9. The molecule has 27 heavy (non-hydrogen) atoms. The average molecular weight is 371 g/mol. The number of quaternary nitrogens is 1. The number of nitrogens with one attached hydrogen (secondary N) is 2. The highest BCUT2D eigenvalue weighted by atomic mass is 16.2. The third-order valence-corrected chi connectivity index (χ3v) is 5.43. The van der Waals surface area contributed by atoms with Gasteiger partial charge in [0.05, 0.1) is 18.8 Å². The molecule has 1 aliphatic rings. The monoisotopic (exact) mass is 370 g/mol. The Kier molecular flexibility index (Phi) is 6.50. The zero-order chi connectivity index (χ0) is 19.2. The molecule has 0 saturated heterocycles. The number of nitrogens with zero attached hydrogens (tertiary/aromatic N) is 3. The molecule has 1 aliphatic carbocycles. The Morgan fingerprint density at radius 3 is 2.56 bits per heavy atom. The van der Waals surface area contributed by atoms with E-state index in [0.29, 0.717) is 12.6 Å². The summed E-state index contributed by atoms with van der Waals surface area (Å²) >= 11 is 0. The van der Waals surface area contributed by atoms with Crippen LogP contribution in [-0.2, 0) is 11.3 Å². The van der Waals surface area contributed by atoms with Crippen LogP contribution in [0.3, 0.4) is 0 Å². The van der Waals surface area contributed by atoms with E-state index in [9.17, 15) is 4.79 Å². The molecule has 1 aromatic carbocycles. The molecule has 1 heterocycles. The molecule has 0 spiro atoms. The third kappa shape index (κ3) is 5.10. The van der Waals surface area contributed by atoms with Gasteiger partial charge in [0, 0.05) is 31.4 Å². The molecule has 0 aliphatic heterocycles. The summed E-state index contributed by atoms with van der Waals surface area (Å²) in [6.45, 7) is 4.34. The standard InChI is InChI=1S/C21H31N5O/c1-4-25(15-17-9-11-18(12-10-17)24(2)3)16-21(27)23-20-13-14-22-26(20)19-7-5-6-8-19/h9-14,19H,4-8,15-16H2,1-3H3,(H,23,27)/p+1. The summed E-state index contributed by atoms with van der Waals surface area (Å²) in [4.78, 5) is 15.9. The number of hydrogen-bond donors (Lipinski definition) is 2. The number of benzene rings is 1. The number of amides is 1. The number of rotatable bonds is 8. The van der Waals surface area contributed by atoms with Crippen LogP contribution in [0.2, 0.25) is 0 Å². The van der Waals surface area contributed by atoms with Crippen LogP contribution >= 0.6 is 0 Å². The number of anilines is 2. The summed E-state index contributed by atoms with van der Waals surface area (Å²) in [5.74, 6) is 0.884. The first-order valence-electron chi connectivity index (χ1n) is 10.00. The molecule has 2 aromatic rings. The molecule has 0 radical (unpaired) electrons. The lowest BCUT2D eigenvalue weighted by Gasteiger charge is -2.19. The summed E-state index contributed by atoms with van der Waals surface area (Å²) in [5.41, 5.74) is 2.44. The molecule has 1 aromatic heterocycles. The van der Waals surface area contributed by atoms with E-state index in [2.05, 4.69) is 46.5 Å². The second kappa shape index (κ2) is 9.04. The van der Waals surface area contributed by atoms with Crippen molar-refractivity contribution < 1.29 is 9.69 Å². The van der Waals surface area contributed by atoms with Crippen molar-refractivity contribution >= 4 is 17.4 Å². The number of carbonyl (C=O) groups excluding carboxylic acids is 1. The number of aromatic nitrogens is 2. The van der Waals surface area contributed by atoms with Crippen LogP contribution in [0.1, 0.15) is 44.2 Å². The van der Waals surface area contributed by atoms with Gasteiger partial charge in [-0.25, -0.2) is 4.68 Å². The lowest BCUT2D eigenvalue weighted by atomic mass is 10.2. The van der Waals surface area contributed by atoms with E-state index in [1.807, 2.05) is 24.8 Å². The van der Waals surface area contributed by atoms with E-state index in [-0.39, 0.29) is 5.91 Å². The van der Waals surface area contributed by atoms with Gasteiger partial charge in [0.1, 0.15) is 12.4 Å². The van der Waals surface area contributed by atoms with Crippen LogP contribution in [0, 0.1) is 0 Å². The molecular formula is C21H32N5O+. The molecule has 1 fully saturated rings. The zero-order valence-corrected chi connectivity index (χ0v) is 16.7. The van der Waals surface area contributed by atoms with Gasteiger partial charge in [-0.3, -0.25) is 4.79 Å². The normalized spacial score (nSPS) is 15.7. The minimum absolute atomic E-state index is 0.0523. The van der Waals surface area contributed by atoms with Crippen LogP contribution in [0.15, 0.2) is 36.5 Å². The number of carbonyl (C=O) groups is 1. The third-order valence-electron chi connectivity index (χ3n) is 5.43. The first-order valence-corrected chi connectivity index (χ1v) is 10.00. The van der Waals surface area contributed by atoms with Gasteiger partial charge >= 0.3 is 0 Å². The molecule has 1 amide bonds. The Balaban J connectivity index is 1.56. The predicted octanol–water partition coefficient (Wildman–Crippen LogP) is 2.11. The Labute approximate surface area is 162 Å². The molecule has 146 valence electrons. The van der Waals surface area contributed by atoms with E-state index in [4.69, 9.17) is 0 Å². The molecule has 3 rings (SSSR count). The quantitative estimate of drug-likeness (QED) is 0.748. The van der Waals surface area contributed by atoms with Crippen molar-refractivity contribution in [3.8, 4) is 0 Å². The van der Waals surface area contributed by atoms with Crippen LogP contribution in [-0.4, -0.2) is 42.9 Å². The maximum absolute atomic E-state index is 12.6. The van der Waals surface area contributed by atoms with Crippen molar-refractivity contribution in [1.82, 2.24) is 9.78 Å². The van der Waals surface area contributed by atoms with Crippen molar-refractivity contribution in [1.29, 1.82) is 0 Å². The van der Waals surface area contributed by atoms with Gasteiger partial charge in [-0.05, 0) is 31.9 Å². The van der Waals surface area contributed by atoms with Gasteiger partial charge < -0.3 is 15.1 Å². The Bertz CT molecular complexity index is 731. The number of likely N-dealkylation sites (N-methyl/N-ethyl adjacent to an activating group) is 1. The summed E-state index contributed by atoms with van der Waals surface area (Å²) in [7, 11) is 4.08. The van der Waals surface area contributed by atoms with Gasteiger partial charge in [-0.2, -0.15) is 5.10 Å². The highest BCUT2D eigenvalue weighted by Crippen LogP contribution is 2.31. The molecule has 1 atom stereocenters. The van der Waals surface area contributed by atoms with E-state index in [1.54, 1.807) is 6.20 Å². The van der Waals surface area contributed by atoms with Gasteiger partial charge in [0.15, 0.2) is 6.54 Å². The van der Waals surface area contributed by atoms with Crippen LogP contribution in [0.5, 0.6) is 0 Å². The van der Waals surface area contributed by atoms with Crippen molar-refractivity contribution in [2.24, 2.45) is 0 Å². The fourth-order valence-electron chi connectivity index (χ4n) is 3.78. The van der Waals surface area contributed by atoms with Crippen molar-refractivity contribution in [2.45, 2.75) is 45.2 Å². The Morgan fingerprint density at radius 2 is 1.93 bits per heavy atom. The van der Waals surface area contributed by atoms with Crippen molar-refractivity contribution in [3.05, 3.63) is 42.1 Å². The highest BCUT2D eigenvalue weighted by Gasteiger charge is 2.21. The summed E-state index contributed by atoms with van der Waals surface area (Å²) in [5, 5.41) is 7.51. The minimum Gasteiger partial charge on any atom is -0.378 e. The minimum atomic E-state index is 0.0523. The smallest absolute Gasteiger partial charge is 0.280 e. The van der Waals surface area contributed by atoms with Crippen LogP contribution < -0.4 is 15.1 Å². The second-order valence-corrected chi connectivity index (χ2v) is 7.67. The van der Waals surface area contributed by atoms with Gasteiger partial charge in [-0.1, -0.05) is 25.0 Å². The fourth-order valence-corrected chi connectivity index (χ4v) is 3.78. The van der Waals surface area contributed by atoms with Crippen molar-refractivity contribution in [2.75, 3.05) is 37.4 Å². The van der Waals surface area contributed by atoms with Gasteiger partial charge in [-0.15, -0.1) is 0 Å². The van der Waals surface area contributed by atoms with E-state index in [0.717, 1.165) is 31.7 Å². The molecule has 2 N–H and O–H groups in total. The molecular weight excluding hydrogens is 338 g/mol. The summed E-state index contributed by atoms with van der Waals surface area (Å²) < 4.78 is 2.00. The largest absolute Gasteiger partial charge is 0.378 e.